The van der Waals surface area contributed by atoms with Gasteiger partial charge in [0.15, 0.2) is 0 Å². The van der Waals surface area contributed by atoms with Crippen molar-refractivity contribution in [1.82, 2.24) is 5.32 Å². The van der Waals surface area contributed by atoms with E-state index in [0.29, 0.717) is 5.92 Å². The first-order chi connectivity index (χ1) is 6.15. The van der Waals surface area contributed by atoms with Gasteiger partial charge in [0, 0.05) is 6.04 Å². The maximum atomic E-state index is 9.09. The minimum absolute atomic E-state index is 0.248. The van der Waals surface area contributed by atoms with E-state index < -0.39 is 0 Å². The van der Waals surface area contributed by atoms with Gasteiger partial charge in [0.1, 0.15) is 0 Å². The summed E-state index contributed by atoms with van der Waals surface area (Å²) in [6, 6.07) is 0.264. The number of aliphatic hydroxyl groups is 1. The van der Waals surface area contributed by atoms with Gasteiger partial charge in [0.05, 0.1) is 6.61 Å². The lowest BCUT2D eigenvalue weighted by Gasteiger charge is -2.22. The van der Waals surface area contributed by atoms with Crippen LogP contribution in [0.2, 0.25) is 0 Å². The van der Waals surface area contributed by atoms with E-state index in [9.17, 15) is 0 Å². The van der Waals surface area contributed by atoms with E-state index in [2.05, 4.69) is 33.0 Å². The molecule has 0 radical (unpaired) electrons. The van der Waals surface area contributed by atoms with Crippen molar-refractivity contribution in [3.8, 4) is 0 Å². The molecule has 0 unspecified atom stereocenters. The van der Waals surface area contributed by atoms with Gasteiger partial charge in [-0.1, -0.05) is 40.5 Å². The molecule has 0 fully saturated rings. The van der Waals surface area contributed by atoms with Crippen molar-refractivity contribution in [3.05, 3.63) is 0 Å². The fourth-order valence-corrected chi connectivity index (χ4v) is 1.41. The van der Waals surface area contributed by atoms with Crippen LogP contribution >= 0.6 is 0 Å². The molecule has 13 heavy (non-hydrogen) atoms. The highest BCUT2D eigenvalue weighted by Gasteiger charge is 2.12. The summed E-state index contributed by atoms with van der Waals surface area (Å²) in [5.41, 5.74) is 0. The van der Waals surface area contributed by atoms with Crippen molar-refractivity contribution >= 4 is 0 Å². The predicted molar refractivity (Wildman–Crippen MR) is 57.8 cm³/mol. The molecule has 0 heterocycles. The van der Waals surface area contributed by atoms with Crippen LogP contribution in [0, 0.1) is 11.8 Å². The zero-order valence-electron chi connectivity index (χ0n) is 9.51. The third-order valence-electron chi connectivity index (χ3n) is 2.82. The summed E-state index contributed by atoms with van der Waals surface area (Å²) >= 11 is 0. The Balaban J connectivity index is 3.69. The molecule has 0 saturated carbocycles. The number of hydrogen-bond donors (Lipinski definition) is 2. The summed E-state index contributed by atoms with van der Waals surface area (Å²) in [7, 11) is 0. The minimum atomic E-state index is 0.248. The Kier molecular flexibility index (Phi) is 7.29. The lowest BCUT2D eigenvalue weighted by atomic mass is 10.0. The SMILES string of the molecule is CCC(CC)CN[C@H](CO)C(C)C. The molecular formula is C11H25NO. The Morgan fingerprint density at radius 2 is 1.69 bits per heavy atom. The molecule has 0 spiro atoms. The average molecular weight is 187 g/mol. The van der Waals surface area contributed by atoms with Crippen LogP contribution in [0.25, 0.3) is 0 Å². The monoisotopic (exact) mass is 187 g/mol. The summed E-state index contributed by atoms with van der Waals surface area (Å²) in [6.45, 7) is 10.0. The number of nitrogens with one attached hydrogen (secondary N) is 1. The molecule has 0 rings (SSSR count). The van der Waals surface area contributed by atoms with Crippen LogP contribution in [0.1, 0.15) is 40.5 Å². The second kappa shape index (κ2) is 7.34. The lowest BCUT2D eigenvalue weighted by Crippen LogP contribution is -2.39. The van der Waals surface area contributed by atoms with Gasteiger partial charge in [-0.3, -0.25) is 0 Å². The number of aliphatic hydroxyl groups excluding tert-OH is 1. The molecule has 2 N–H and O–H groups in total. The molecule has 0 bridgehead atoms. The normalized spacial score (nSPS) is 14.1. The van der Waals surface area contributed by atoms with Gasteiger partial charge in [0.25, 0.3) is 0 Å². The summed E-state index contributed by atoms with van der Waals surface area (Å²) in [5, 5.41) is 12.5. The number of rotatable bonds is 7. The summed E-state index contributed by atoms with van der Waals surface area (Å²) in [4.78, 5) is 0. The van der Waals surface area contributed by atoms with Crippen LogP contribution in [0.4, 0.5) is 0 Å². The Bertz CT molecular complexity index is 111. The van der Waals surface area contributed by atoms with E-state index in [4.69, 9.17) is 5.11 Å². The van der Waals surface area contributed by atoms with Gasteiger partial charge in [-0.25, -0.2) is 0 Å². The second-order valence-corrected chi connectivity index (χ2v) is 4.12. The summed E-state index contributed by atoms with van der Waals surface area (Å²) in [6.07, 6.45) is 2.44. The lowest BCUT2D eigenvalue weighted by molar-refractivity contribution is 0.204. The van der Waals surface area contributed by atoms with Gasteiger partial charge < -0.3 is 10.4 Å². The molecule has 80 valence electrons. The molecule has 0 amide bonds. The van der Waals surface area contributed by atoms with Gasteiger partial charge in [0.2, 0.25) is 0 Å². The topological polar surface area (TPSA) is 32.3 Å². The van der Waals surface area contributed by atoms with Crippen molar-refractivity contribution < 1.29 is 5.11 Å². The van der Waals surface area contributed by atoms with E-state index in [0.717, 1.165) is 12.5 Å². The average Bonchev–Trinajstić information content (AvgIpc) is 2.12. The van der Waals surface area contributed by atoms with E-state index >= 15 is 0 Å². The minimum Gasteiger partial charge on any atom is -0.395 e. The van der Waals surface area contributed by atoms with Crippen molar-refractivity contribution in [2.24, 2.45) is 11.8 Å². The fourth-order valence-electron chi connectivity index (χ4n) is 1.41. The third-order valence-corrected chi connectivity index (χ3v) is 2.82. The van der Waals surface area contributed by atoms with Gasteiger partial charge in [-0.2, -0.15) is 0 Å². The van der Waals surface area contributed by atoms with Crippen molar-refractivity contribution in [3.63, 3.8) is 0 Å². The highest BCUT2D eigenvalue weighted by atomic mass is 16.3. The van der Waals surface area contributed by atoms with E-state index in [1.165, 1.54) is 12.8 Å². The van der Waals surface area contributed by atoms with E-state index in [1.54, 1.807) is 0 Å². The summed E-state index contributed by atoms with van der Waals surface area (Å²) < 4.78 is 0. The molecule has 0 aromatic carbocycles. The molecule has 0 aliphatic heterocycles. The van der Waals surface area contributed by atoms with E-state index in [-0.39, 0.29) is 12.6 Å². The highest BCUT2D eigenvalue weighted by Crippen LogP contribution is 2.07. The fraction of sp³-hybridized carbons (Fsp3) is 1.00. The van der Waals surface area contributed by atoms with Gasteiger partial charge >= 0.3 is 0 Å². The maximum Gasteiger partial charge on any atom is 0.0587 e. The van der Waals surface area contributed by atoms with Gasteiger partial charge in [-0.05, 0) is 18.4 Å². The highest BCUT2D eigenvalue weighted by molar-refractivity contribution is 4.71. The van der Waals surface area contributed by atoms with Crippen LogP contribution in [0.5, 0.6) is 0 Å². The Labute approximate surface area is 82.7 Å². The predicted octanol–water partition coefficient (Wildman–Crippen LogP) is 2.03. The molecule has 0 aliphatic carbocycles. The molecule has 2 nitrogen and oxygen atoms in total. The Morgan fingerprint density at radius 3 is 2.00 bits per heavy atom. The molecule has 2 heteroatoms. The molecular weight excluding hydrogens is 162 g/mol. The third kappa shape index (κ3) is 5.27. The van der Waals surface area contributed by atoms with Crippen LogP contribution in [-0.2, 0) is 0 Å². The maximum absolute atomic E-state index is 9.09. The molecule has 0 aromatic rings. The van der Waals surface area contributed by atoms with Crippen molar-refractivity contribution in [2.75, 3.05) is 13.2 Å². The largest absolute Gasteiger partial charge is 0.395 e. The van der Waals surface area contributed by atoms with Crippen LogP contribution in [0.15, 0.2) is 0 Å². The molecule has 0 aromatic heterocycles. The Morgan fingerprint density at radius 1 is 1.15 bits per heavy atom. The van der Waals surface area contributed by atoms with Crippen LogP contribution in [0.3, 0.4) is 0 Å². The quantitative estimate of drug-likeness (QED) is 0.639. The zero-order valence-corrected chi connectivity index (χ0v) is 9.51. The zero-order chi connectivity index (χ0) is 10.3. The van der Waals surface area contributed by atoms with Crippen LogP contribution < -0.4 is 5.32 Å². The van der Waals surface area contributed by atoms with Crippen LogP contribution in [-0.4, -0.2) is 24.3 Å². The smallest absolute Gasteiger partial charge is 0.0587 e. The van der Waals surface area contributed by atoms with E-state index in [1.807, 2.05) is 0 Å². The summed E-state index contributed by atoms with van der Waals surface area (Å²) in [5.74, 6) is 1.27. The van der Waals surface area contributed by atoms with Crippen molar-refractivity contribution in [1.29, 1.82) is 0 Å². The molecule has 0 aliphatic rings. The first-order valence-electron chi connectivity index (χ1n) is 5.49. The molecule has 0 saturated heterocycles. The Hall–Kier alpha value is -0.0800. The standard InChI is InChI=1S/C11H25NO/c1-5-10(6-2)7-12-11(8-13)9(3)4/h9-13H,5-8H2,1-4H3/t11-/m1/s1. The first kappa shape index (κ1) is 12.9. The van der Waals surface area contributed by atoms with Crippen molar-refractivity contribution in [2.45, 2.75) is 46.6 Å². The second-order valence-electron chi connectivity index (χ2n) is 4.12. The number of hydrogen-bond acceptors (Lipinski definition) is 2. The van der Waals surface area contributed by atoms with Gasteiger partial charge in [-0.15, -0.1) is 0 Å². The first-order valence-corrected chi connectivity index (χ1v) is 5.49. The molecule has 1 atom stereocenters.